The topological polar surface area (TPSA) is 45.8 Å². The van der Waals surface area contributed by atoms with Crippen LogP contribution in [0.5, 0.6) is 0 Å². The summed E-state index contributed by atoms with van der Waals surface area (Å²) in [5.74, 6) is 2.18. The van der Waals surface area contributed by atoms with Crippen molar-refractivity contribution < 1.29 is 0 Å². The molecule has 1 aliphatic heterocycles. The van der Waals surface area contributed by atoms with Crippen molar-refractivity contribution >= 4 is 17.3 Å². The minimum absolute atomic E-state index is 0.0489. The van der Waals surface area contributed by atoms with Gasteiger partial charge in [0, 0.05) is 17.1 Å². The van der Waals surface area contributed by atoms with Crippen LogP contribution in [0.25, 0.3) is 17.0 Å². The van der Waals surface area contributed by atoms with Crippen LogP contribution in [0.4, 0.5) is 0 Å². The van der Waals surface area contributed by atoms with Crippen molar-refractivity contribution in [3.05, 3.63) is 58.5 Å². The highest BCUT2D eigenvalue weighted by atomic mass is 32.2. The van der Waals surface area contributed by atoms with E-state index < -0.39 is 0 Å². The normalized spacial score (nSPS) is 14.3. The van der Waals surface area contributed by atoms with Crippen molar-refractivity contribution in [1.29, 1.82) is 0 Å². The Morgan fingerprint density at radius 1 is 1.22 bits per heavy atom. The molecule has 1 aliphatic rings. The molecule has 0 saturated heterocycles. The number of hydrogen-bond acceptors (Lipinski definition) is 3. The van der Waals surface area contributed by atoms with Gasteiger partial charge >= 0.3 is 0 Å². The summed E-state index contributed by atoms with van der Waals surface area (Å²) in [6, 6.07) is 9.67. The van der Waals surface area contributed by atoms with Crippen molar-refractivity contribution in [3.8, 4) is 11.4 Å². The highest BCUT2D eigenvalue weighted by Crippen LogP contribution is 2.28. The van der Waals surface area contributed by atoms with E-state index in [0.717, 1.165) is 28.1 Å². The lowest BCUT2D eigenvalue weighted by atomic mass is 10.1. The van der Waals surface area contributed by atoms with Gasteiger partial charge in [0.05, 0.1) is 11.3 Å². The first kappa shape index (κ1) is 11.3. The molecule has 0 atom stereocenters. The van der Waals surface area contributed by atoms with Crippen LogP contribution in [0.15, 0.2) is 41.7 Å². The van der Waals surface area contributed by atoms with Crippen LogP contribution in [0.1, 0.15) is 11.3 Å². The number of aromatic nitrogens is 2. The largest absolute Gasteiger partial charge is 0.306 e. The van der Waals surface area contributed by atoms with Gasteiger partial charge in [0.1, 0.15) is 5.82 Å². The van der Waals surface area contributed by atoms with Crippen molar-refractivity contribution in [2.24, 2.45) is 0 Å². The second-order valence-corrected chi connectivity index (χ2v) is 5.19. The van der Waals surface area contributed by atoms with Gasteiger partial charge in [-0.05, 0) is 5.57 Å². The molecule has 0 radical (unpaired) electrons. The van der Waals surface area contributed by atoms with Crippen LogP contribution in [-0.2, 0) is 5.75 Å². The summed E-state index contributed by atoms with van der Waals surface area (Å²) in [4.78, 5) is 19.5. The second kappa shape index (κ2) is 4.46. The number of H-pyrrole nitrogens is 1. The fourth-order valence-corrected chi connectivity index (χ4v) is 2.96. The summed E-state index contributed by atoms with van der Waals surface area (Å²) >= 11 is 1.70. The van der Waals surface area contributed by atoms with Crippen molar-refractivity contribution in [2.45, 2.75) is 5.75 Å². The lowest BCUT2D eigenvalue weighted by molar-refractivity contribution is 1.05. The number of rotatable bonds is 1. The molecule has 0 bridgehead atoms. The second-order valence-electron chi connectivity index (χ2n) is 4.20. The number of benzene rings is 1. The third kappa shape index (κ3) is 1.88. The Morgan fingerprint density at radius 2 is 2.00 bits per heavy atom. The molecule has 1 aromatic heterocycles. The Balaban J connectivity index is 2.20. The first-order valence-electron chi connectivity index (χ1n) is 5.70. The molecule has 0 saturated carbocycles. The van der Waals surface area contributed by atoms with E-state index in [0.29, 0.717) is 11.6 Å². The van der Waals surface area contributed by atoms with Gasteiger partial charge in [-0.2, -0.15) is 11.8 Å². The van der Waals surface area contributed by atoms with Crippen LogP contribution in [0.2, 0.25) is 0 Å². The van der Waals surface area contributed by atoms with Crippen molar-refractivity contribution in [3.63, 3.8) is 0 Å². The van der Waals surface area contributed by atoms with E-state index in [-0.39, 0.29) is 5.56 Å². The summed E-state index contributed by atoms with van der Waals surface area (Å²) in [5, 5.41) is 0. The molecule has 18 heavy (non-hydrogen) atoms. The average Bonchev–Trinajstić information content (AvgIpc) is 2.41. The van der Waals surface area contributed by atoms with E-state index in [2.05, 4.69) is 16.5 Å². The minimum Gasteiger partial charge on any atom is -0.306 e. The summed E-state index contributed by atoms with van der Waals surface area (Å²) in [7, 11) is 0. The van der Waals surface area contributed by atoms with Crippen LogP contribution >= 0.6 is 11.8 Å². The maximum absolute atomic E-state index is 12.1. The first-order chi connectivity index (χ1) is 8.75. The molecule has 0 amide bonds. The molecule has 2 aromatic rings. The van der Waals surface area contributed by atoms with Crippen LogP contribution in [-0.4, -0.2) is 15.7 Å². The van der Waals surface area contributed by atoms with Crippen LogP contribution in [0, 0.1) is 0 Å². The van der Waals surface area contributed by atoms with Crippen molar-refractivity contribution in [1.82, 2.24) is 9.97 Å². The molecule has 3 nitrogen and oxygen atoms in total. The fraction of sp³-hybridized carbons (Fsp3) is 0.143. The summed E-state index contributed by atoms with van der Waals surface area (Å²) < 4.78 is 0. The number of fused-ring (bicyclic) bond motifs is 1. The molecule has 4 heteroatoms. The standard InChI is InChI=1S/C14H12N2OS/c1-9-7-18-8-11-12(9)15-13(16-14(11)17)10-5-3-2-4-6-10/h2-6H,1,7-8H2,(H,15,16,17). The van der Waals surface area contributed by atoms with Gasteiger partial charge in [-0.25, -0.2) is 4.98 Å². The van der Waals surface area contributed by atoms with Gasteiger partial charge in [-0.3, -0.25) is 4.79 Å². The van der Waals surface area contributed by atoms with E-state index in [1.807, 2.05) is 30.3 Å². The van der Waals surface area contributed by atoms with E-state index in [9.17, 15) is 4.79 Å². The lowest BCUT2D eigenvalue weighted by Crippen LogP contribution is -2.20. The molecule has 0 fully saturated rings. The number of nitrogens with zero attached hydrogens (tertiary/aromatic N) is 1. The summed E-state index contributed by atoms with van der Waals surface area (Å²) in [6.07, 6.45) is 0. The highest BCUT2D eigenvalue weighted by molar-refractivity contribution is 7.99. The molecular formula is C14H12N2OS. The molecule has 0 aliphatic carbocycles. The zero-order chi connectivity index (χ0) is 12.5. The van der Waals surface area contributed by atoms with E-state index >= 15 is 0 Å². The SMILES string of the molecule is C=C1CSCc2c1nc(-c1ccccc1)[nH]c2=O. The zero-order valence-corrected chi connectivity index (χ0v) is 10.6. The minimum atomic E-state index is -0.0489. The van der Waals surface area contributed by atoms with Gasteiger partial charge in [-0.1, -0.05) is 36.9 Å². The van der Waals surface area contributed by atoms with Gasteiger partial charge in [0.25, 0.3) is 5.56 Å². The van der Waals surface area contributed by atoms with E-state index in [4.69, 9.17) is 0 Å². The van der Waals surface area contributed by atoms with Gasteiger partial charge < -0.3 is 4.98 Å². The highest BCUT2D eigenvalue weighted by Gasteiger charge is 2.19. The predicted octanol–water partition coefficient (Wildman–Crippen LogP) is 2.70. The Kier molecular flexibility index (Phi) is 2.80. The summed E-state index contributed by atoms with van der Waals surface area (Å²) in [6.45, 7) is 4.00. The maximum Gasteiger partial charge on any atom is 0.255 e. The third-order valence-corrected chi connectivity index (χ3v) is 3.97. The molecule has 90 valence electrons. The Bertz CT molecular complexity index is 661. The quantitative estimate of drug-likeness (QED) is 0.853. The number of aromatic amines is 1. The van der Waals surface area contributed by atoms with E-state index in [1.54, 1.807) is 11.8 Å². The molecule has 0 spiro atoms. The summed E-state index contributed by atoms with van der Waals surface area (Å²) in [5.41, 5.74) is 3.33. The van der Waals surface area contributed by atoms with Gasteiger partial charge in [-0.15, -0.1) is 0 Å². The lowest BCUT2D eigenvalue weighted by Gasteiger charge is -2.16. The zero-order valence-electron chi connectivity index (χ0n) is 9.77. The molecular weight excluding hydrogens is 244 g/mol. The number of nitrogens with one attached hydrogen (secondary N) is 1. The first-order valence-corrected chi connectivity index (χ1v) is 6.85. The molecule has 1 N–H and O–H groups in total. The Morgan fingerprint density at radius 3 is 2.78 bits per heavy atom. The number of thioether (sulfide) groups is 1. The molecule has 3 rings (SSSR count). The van der Waals surface area contributed by atoms with Crippen molar-refractivity contribution in [2.75, 3.05) is 5.75 Å². The third-order valence-electron chi connectivity index (χ3n) is 2.92. The van der Waals surface area contributed by atoms with Crippen LogP contribution in [0.3, 0.4) is 0 Å². The fourth-order valence-electron chi connectivity index (χ4n) is 2.00. The average molecular weight is 256 g/mol. The van der Waals surface area contributed by atoms with Gasteiger partial charge in [0.2, 0.25) is 0 Å². The smallest absolute Gasteiger partial charge is 0.255 e. The number of hydrogen-bond donors (Lipinski definition) is 1. The van der Waals surface area contributed by atoms with E-state index in [1.165, 1.54) is 0 Å². The monoisotopic (exact) mass is 256 g/mol. The molecule has 1 aromatic carbocycles. The molecule has 2 heterocycles. The Hall–Kier alpha value is -1.81. The molecule has 0 unspecified atom stereocenters. The maximum atomic E-state index is 12.1. The van der Waals surface area contributed by atoms with Gasteiger partial charge in [0.15, 0.2) is 0 Å². The van der Waals surface area contributed by atoms with Crippen LogP contribution < -0.4 is 5.56 Å². The Labute approximate surface area is 109 Å². The predicted molar refractivity (Wildman–Crippen MR) is 75.5 cm³/mol.